The highest BCUT2D eigenvalue weighted by Gasteiger charge is 2.35. The van der Waals surface area contributed by atoms with E-state index in [9.17, 15) is 18.4 Å². The minimum atomic E-state index is -2.69. The number of rotatable bonds is 3. The number of alkyl halides is 2. The minimum absolute atomic E-state index is 0.106. The van der Waals surface area contributed by atoms with Gasteiger partial charge in [-0.25, -0.2) is 13.8 Å². The van der Waals surface area contributed by atoms with Gasteiger partial charge in [0, 0.05) is 49.1 Å². The Morgan fingerprint density at radius 2 is 1.88 bits per heavy atom. The summed E-state index contributed by atoms with van der Waals surface area (Å²) in [5, 5.41) is 0.957. The Hall–Kier alpha value is -3.88. The van der Waals surface area contributed by atoms with Gasteiger partial charge in [-0.15, -0.1) is 0 Å². The number of fused-ring (bicyclic) bond motifs is 2. The number of anilines is 1. The fraction of sp³-hybridized carbons (Fsp3) is 0.217. The van der Waals surface area contributed by atoms with E-state index in [1.807, 2.05) is 35.2 Å². The maximum atomic E-state index is 13.8. The van der Waals surface area contributed by atoms with Crippen molar-refractivity contribution in [3.8, 4) is 11.3 Å². The highest BCUT2D eigenvalue weighted by atomic mass is 19.3. The van der Waals surface area contributed by atoms with E-state index in [2.05, 4.69) is 9.97 Å². The van der Waals surface area contributed by atoms with Crippen LogP contribution in [0.3, 0.4) is 0 Å². The Labute approximate surface area is 180 Å². The molecule has 1 aromatic carbocycles. The van der Waals surface area contributed by atoms with Crippen LogP contribution in [0.5, 0.6) is 0 Å². The van der Waals surface area contributed by atoms with E-state index >= 15 is 0 Å². The standard InChI is InChI=1S/C23H19F2N5O2/c24-23(25)6-9-30(10-7-23)22-14(11-13-3-1-2-4-15(13)29-22)17-12-18(31)19-16(28-17)5-8-27-20(19)21(26)32/h1-5,8,11-12H,6-7,9-10H2,(H2,26,32)(H,28,31). The van der Waals surface area contributed by atoms with Crippen molar-refractivity contribution in [2.75, 3.05) is 18.0 Å². The van der Waals surface area contributed by atoms with Crippen LogP contribution in [-0.2, 0) is 0 Å². The van der Waals surface area contributed by atoms with Gasteiger partial charge < -0.3 is 15.6 Å². The van der Waals surface area contributed by atoms with Crippen LogP contribution in [-0.4, -0.2) is 39.9 Å². The van der Waals surface area contributed by atoms with Gasteiger partial charge in [0.15, 0.2) is 5.43 Å². The fourth-order valence-corrected chi connectivity index (χ4v) is 4.12. The Kier molecular flexibility index (Phi) is 4.61. The van der Waals surface area contributed by atoms with Crippen molar-refractivity contribution >= 4 is 33.5 Å². The number of primary amides is 1. The number of carbonyl (C=O) groups is 1. The number of carbonyl (C=O) groups excluding carboxylic acids is 1. The molecule has 0 aliphatic carbocycles. The first-order chi connectivity index (χ1) is 15.3. The third kappa shape index (κ3) is 3.45. The zero-order valence-corrected chi connectivity index (χ0v) is 16.9. The van der Waals surface area contributed by atoms with Crippen LogP contribution in [0.15, 0.2) is 53.5 Å². The molecule has 0 saturated carbocycles. The fourth-order valence-electron chi connectivity index (χ4n) is 4.12. The molecular weight excluding hydrogens is 416 g/mol. The molecule has 4 heterocycles. The number of hydrogen-bond donors (Lipinski definition) is 2. The molecule has 1 saturated heterocycles. The van der Waals surface area contributed by atoms with E-state index < -0.39 is 17.3 Å². The van der Waals surface area contributed by atoms with Gasteiger partial charge in [0.1, 0.15) is 11.5 Å². The number of nitrogens with two attached hydrogens (primary N) is 1. The summed E-state index contributed by atoms with van der Waals surface area (Å²) < 4.78 is 27.5. The maximum absolute atomic E-state index is 13.8. The molecule has 0 atom stereocenters. The molecule has 3 aromatic heterocycles. The molecule has 0 bridgehead atoms. The molecular formula is C23H19F2N5O2. The monoisotopic (exact) mass is 435 g/mol. The van der Waals surface area contributed by atoms with Gasteiger partial charge in [-0.3, -0.25) is 14.6 Å². The maximum Gasteiger partial charge on any atom is 0.268 e. The highest BCUT2D eigenvalue weighted by molar-refractivity contribution is 6.04. The number of H-pyrrole nitrogens is 1. The molecule has 1 aliphatic heterocycles. The SMILES string of the molecule is NC(=O)c1nccc2[nH]c(-c3cc4ccccc4nc3N3CCC(F)(F)CC3)cc(=O)c12. The second-order valence-electron chi connectivity index (χ2n) is 7.89. The Morgan fingerprint density at radius 3 is 2.62 bits per heavy atom. The number of hydrogen-bond acceptors (Lipinski definition) is 5. The zero-order chi connectivity index (χ0) is 22.5. The minimum Gasteiger partial charge on any atom is -0.364 e. The van der Waals surface area contributed by atoms with Crippen molar-refractivity contribution in [3.63, 3.8) is 0 Å². The van der Waals surface area contributed by atoms with Crippen LogP contribution in [0.4, 0.5) is 14.6 Å². The first kappa shape index (κ1) is 20.0. The number of aromatic nitrogens is 3. The average molecular weight is 435 g/mol. The number of para-hydroxylation sites is 1. The summed E-state index contributed by atoms with van der Waals surface area (Å²) in [7, 11) is 0. The Bertz CT molecular complexity index is 1420. The van der Waals surface area contributed by atoms with Crippen LogP contribution >= 0.6 is 0 Å². The Morgan fingerprint density at radius 1 is 1.12 bits per heavy atom. The quantitative estimate of drug-likeness (QED) is 0.513. The van der Waals surface area contributed by atoms with Crippen LogP contribution in [0.25, 0.3) is 33.1 Å². The number of nitrogens with one attached hydrogen (secondary N) is 1. The summed E-state index contributed by atoms with van der Waals surface area (Å²) in [4.78, 5) is 38.3. The van der Waals surface area contributed by atoms with Crippen molar-refractivity contribution in [3.05, 3.63) is 64.6 Å². The van der Waals surface area contributed by atoms with Crippen molar-refractivity contribution in [1.82, 2.24) is 15.0 Å². The largest absolute Gasteiger partial charge is 0.364 e. The molecule has 7 nitrogen and oxygen atoms in total. The molecule has 162 valence electrons. The third-order valence-electron chi connectivity index (χ3n) is 5.76. The lowest BCUT2D eigenvalue weighted by molar-refractivity contribution is -0.0221. The van der Waals surface area contributed by atoms with E-state index in [1.165, 1.54) is 12.3 Å². The lowest BCUT2D eigenvalue weighted by Gasteiger charge is -2.33. The van der Waals surface area contributed by atoms with E-state index in [1.54, 1.807) is 6.07 Å². The Balaban J connectivity index is 1.72. The van der Waals surface area contributed by atoms with E-state index in [4.69, 9.17) is 10.7 Å². The molecule has 4 aromatic rings. The van der Waals surface area contributed by atoms with Crippen LogP contribution in [0.1, 0.15) is 23.3 Å². The lowest BCUT2D eigenvalue weighted by Crippen LogP contribution is -2.40. The van der Waals surface area contributed by atoms with E-state index in [-0.39, 0.29) is 37.0 Å². The predicted molar refractivity (Wildman–Crippen MR) is 118 cm³/mol. The summed E-state index contributed by atoms with van der Waals surface area (Å²) in [6, 6.07) is 12.3. The van der Waals surface area contributed by atoms with Gasteiger partial charge in [-0.1, -0.05) is 18.2 Å². The van der Waals surface area contributed by atoms with Crippen LogP contribution in [0.2, 0.25) is 0 Å². The topological polar surface area (TPSA) is 105 Å². The smallest absolute Gasteiger partial charge is 0.268 e. The number of benzene rings is 1. The number of nitrogens with zero attached hydrogens (tertiary/aromatic N) is 3. The van der Waals surface area contributed by atoms with Gasteiger partial charge in [0.25, 0.3) is 11.8 Å². The van der Waals surface area contributed by atoms with Crippen molar-refractivity contribution in [2.45, 2.75) is 18.8 Å². The van der Waals surface area contributed by atoms with Gasteiger partial charge in [-0.2, -0.15) is 0 Å². The predicted octanol–water partition coefficient (Wildman–Crippen LogP) is 3.47. The first-order valence-corrected chi connectivity index (χ1v) is 10.2. The molecule has 3 N–H and O–H groups in total. The second kappa shape index (κ2) is 7.37. The number of amides is 1. The number of halogens is 2. The zero-order valence-electron chi connectivity index (χ0n) is 16.9. The lowest BCUT2D eigenvalue weighted by atomic mass is 10.0. The molecule has 5 rings (SSSR count). The molecule has 1 amide bonds. The van der Waals surface area contributed by atoms with Gasteiger partial charge in [0.05, 0.1) is 22.1 Å². The molecule has 0 unspecified atom stereocenters. The van der Waals surface area contributed by atoms with Crippen molar-refractivity contribution in [2.24, 2.45) is 5.73 Å². The second-order valence-corrected chi connectivity index (χ2v) is 7.89. The van der Waals surface area contributed by atoms with Gasteiger partial charge in [0.2, 0.25) is 0 Å². The average Bonchev–Trinajstić information content (AvgIpc) is 2.77. The van der Waals surface area contributed by atoms with Crippen molar-refractivity contribution < 1.29 is 13.6 Å². The first-order valence-electron chi connectivity index (χ1n) is 10.2. The molecule has 1 aliphatic rings. The normalized spacial score (nSPS) is 15.9. The molecule has 9 heteroatoms. The number of piperidine rings is 1. The van der Waals surface area contributed by atoms with Gasteiger partial charge in [-0.05, 0) is 18.2 Å². The highest BCUT2D eigenvalue weighted by Crippen LogP contribution is 2.36. The summed E-state index contributed by atoms with van der Waals surface area (Å²) in [6.45, 7) is 0.303. The molecule has 32 heavy (non-hydrogen) atoms. The third-order valence-corrected chi connectivity index (χ3v) is 5.76. The van der Waals surface area contributed by atoms with E-state index in [0.717, 1.165) is 10.9 Å². The van der Waals surface area contributed by atoms with Gasteiger partial charge >= 0.3 is 0 Å². The molecule has 0 spiro atoms. The number of aromatic amines is 1. The summed E-state index contributed by atoms with van der Waals surface area (Å²) >= 11 is 0. The summed E-state index contributed by atoms with van der Waals surface area (Å²) in [5.74, 6) is -2.96. The number of pyridine rings is 3. The molecule has 0 radical (unpaired) electrons. The van der Waals surface area contributed by atoms with Crippen molar-refractivity contribution in [1.29, 1.82) is 0 Å². The van der Waals surface area contributed by atoms with E-state index in [0.29, 0.717) is 22.6 Å². The molecule has 1 fully saturated rings. The van der Waals surface area contributed by atoms with Crippen LogP contribution in [0, 0.1) is 0 Å². The summed E-state index contributed by atoms with van der Waals surface area (Å²) in [6.07, 6.45) is 0.875. The summed E-state index contributed by atoms with van der Waals surface area (Å²) in [5.41, 5.74) is 7.06. The van der Waals surface area contributed by atoms with Crippen LogP contribution < -0.4 is 16.1 Å².